The minimum absolute atomic E-state index is 0.696. The van der Waals surface area contributed by atoms with Crippen molar-refractivity contribution in [1.29, 1.82) is 0 Å². The van der Waals surface area contributed by atoms with Crippen molar-refractivity contribution in [2.24, 2.45) is 0 Å². The van der Waals surface area contributed by atoms with E-state index < -0.39 is 122 Å². The standard InChI is InChI=1S/C18H30O20S/c19-1-5-8(22)10(24)12(26)16(35-5)34-3-6-9(23)11(25)13(27)15(36-6)33-2-4(20)7(21)14(28)18(30)17(29)37-39(31,32)38-18/h4-16,19-28,30H,1-3H2/t4-,5-,6-,7-,8-,9-,10+,11+,12-,13-,14+,15+,16+,18-/m1/s1. The molecule has 0 radical (unpaired) electrons. The first kappa shape index (κ1) is 32.3. The van der Waals surface area contributed by atoms with E-state index in [0.717, 1.165) is 0 Å². The fourth-order valence-electron chi connectivity index (χ4n) is 3.85. The Balaban J connectivity index is 1.59. The van der Waals surface area contributed by atoms with Crippen molar-refractivity contribution in [3.8, 4) is 0 Å². The van der Waals surface area contributed by atoms with Gasteiger partial charge < -0.3 is 79.3 Å². The fourth-order valence-corrected chi connectivity index (χ4v) is 4.67. The molecule has 0 aromatic rings. The minimum Gasteiger partial charge on any atom is -0.394 e. The molecule has 0 bridgehead atoms. The Labute approximate surface area is 219 Å². The lowest BCUT2D eigenvalue weighted by Gasteiger charge is -2.42. The minimum atomic E-state index is -5.05. The van der Waals surface area contributed by atoms with Gasteiger partial charge in [0.25, 0.3) is 0 Å². The molecule has 0 amide bonds. The van der Waals surface area contributed by atoms with Crippen LogP contribution in [0.4, 0.5) is 0 Å². The number of hydrogen-bond acceptors (Lipinski definition) is 20. The first-order valence-corrected chi connectivity index (χ1v) is 12.6. The van der Waals surface area contributed by atoms with Crippen LogP contribution in [-0.4, -0.2) is 176 Å². The van der Waals surface area contributed by atoms with E-state index in [4.69, 9.17) is 18.9 Å². The normalized spacial score (nSPS) is 44.9. The van der Waals surface area contributed by atoms with Gasteiger partial charge in [0.2, 0.25) is 0 Å². The molecule has 3 saturated heterocycles. The lowest BCUT2D eigenvalue weighted by Crippen LogP contribution is -2.62. The number of rotatable bonds is 10. The van der Waals surface area contributed by atoms with Crippen LogP contribution in [0.5, 0.6) is 0 Å². The van der Waals surface area contributed by atoms with Gasteiger partial charge in [0.1, 0.15) is 67.1 Å². The molecular weight excluding hydrogens is 568 g/mol. The molecule has 3 fully saturated rings. The van der Waals surface area contributed by atoms with E-state index in [9.17, 15) is 69.4 Å². The molecule has 0 aromatic carbocycles. The maximum absolute atomic E-state index is 11.6. The van der Waals surface area contributed by atoms with Crippen molar-refractivity contribution in [1.82, 2.24) is 0 Å². The van der Waals surface area contributed by atoms with Crippen molar-refractivity contribution in [2.45, 2.75) is 85.5 Å². The Morgan fingerprint density at radius 1 is 0.821 bits per heavy atom. The van der Waals surface area contributed by atoms with Gasteiger partial charge in [-0.3, -0.25) is 0 Å². The third-order valence-electron chi connectivity index (χ3n) is 6.19. The van der Waals surface area contributed by atoms with Gasteiger partial charge in [-0.1, -0.05) is 0 Å². The van der Waals surface area contributed by atoms with Gasteiger partial charge in [-0.05, 0) is 0 Å². The lowest BCUT2D eigenvalue weighted by molar-refractivity contribution is -0.333. The van der Waals surface area contributed by atoms with Crippen LogP contribution in [0.15, 0.2) is 0 Å². The van der Waals surface area contributed by atoms with Gasteiger partial charge in [-0.2, -0.15) is 12.6 Å². The Bertz CT molecular complexity index is 947. The topological polar surface area (TPSA) is 329 Å². The zero-order chi connectivity index (χ0) is 29.4. The molecule has 0 unspecified atom stereocenters. The summed E-state index contributed by atoms with van der Waals surface area (Å²) in [7, 11) is -5.05. The molecule has 21 heteroatoms. The number of aliphatic hydroxyl groups excluding tert-OH is 10. The quantitative estimate of drug-likeness (QED) is 0.111. The summed E-state index contributed by atoms with van der Waals surface area (Å²) in [6.07, 6.45) is -24.9. The van der Waals surface area contributed by atoms with E-state index in [1.165, 1.54) is 0 Å². The Morgan fingerprint density at radius 2 is 1.33 bits per heavy atom. The van der Waals surface area contributed by atoms with Crippen LogP contribution in [0.2, 0.25) is 0 Å². The molecule has 14 atom stereocenters. The first-order valence-electron chi connectivity index (χ1n) is 11.2. The van der Waals surface area contributed by atoms with Crippen LogP contribution in [0.1, 0.15) is 0 Å². The Morgan fingerprint density at radius 3 is 1.85 bits per heavy atom. The summed E-state index contributed by atoms with van der Waals surface area (Å²) < 4.78 is 50.7. The second-order valence-electron chi connectivity index (χ2n) is 8.94. The molecule has 0 aromatic heterocycles. The van der Waals surface area contributed by atoms with Gasteiger partial charge in [0.05, 0.1) is 19.8 Å². The molecule has 3 aliphatic rings. The molecule has 11 N–H and O–H groups in total. The largest absolute Gasteiger partial charge is 0.455 e. The smallest absolute Gasteiger partial charge is 0.394 e. The third kappa shape index (κ3) is 6.65. The summed E-state index contributed by atoms with van der Waals surface area (Å²) in [6, 6.07) is 0. The van der Waals surface area contributed by atoms with Crippen molar-refractivity contribution in [3.63, 3.8) is 0 Å². The van der Waals surface area contributed by atoms with E-state index >= 15 is 0 Å². The number of hydrogen-bond donors (Lipinski definition) is 11. The molecule has 20 nitrogen and oxygen atoms in total. The highest BCUT2D eigenvalue weighted by Crippen LogP contribution is 2.30. The molecular formula is C18H30O20S. The van der Waals surface area contributed by atoms with Crippen LogP contribution in [0, 0.1) is 0 Å². The molecule has 3 rings (SSSR count). The summed E-state index contributed by atoms with van der Waals surface area (Å²) in [5.74, 6) is -5.61. The second-order valence-corrected chi connectivity index (χ2v) is 10.1. The summed E-state index contributed by atoms with van der Waals surface area (Å²) in [5.41, 5.74) is 0. The molecule has 228 valence electrons. The Kier molecular flexibility index (Phi) is 10.2. The van der Waals surface area contributed by atoms with Crippen LogP contribution in [0.3, 0.4) is 0 Å². The maximum atomic E-state index is 11.6. The average Bonchev–Trinajstić information content (AvgIpc) is 3.11. The lowest BCUT2D eigenvalue weighted by atomic mass is 9.98. The van der Waals surface area contributed by atoms with E-state index in [0.29, 0.717) is 0 Å². The summed E-state index contributed by atoms with van der Waals surface area (Å²) >= 11 is 0. The summed E-state index contributed by atoms with van der Waals surface area (Å²) in [4.78, 5) is 11.6. The van der Waals surface area contributed by atoms with E-state index in [-0.39, 0.29) is 0 Å². The zero-order valence-electron chi connectivity index (χ0n) is 19.6. The SMILES string of the molecule is O=C1OS(=O)(=O)O[C@]1(O)[C@@H](O)[C@H](O)[C@H](O)CO[C@H]1O[C@H](CO[C@H]2O[C@H](CO)[C@@H](O)[C@H](O)[C@H]2O)[C@@H](O)[C@H](O)[C@H]1O. The maximum Gasteiger partial charge on any atom is 0.455 e. The first-order chi connectivity index (χ1) is 18.0. The summed E-state index contributed by atoms with van der Waals surface area (Å²) in [6.45, 7) is -2.50. The van der Waals surface area contributed by atoms with Gasteiger partial charge in [0, 0.05) is 0 Å². The van der Waals surface area contributed by atoms with Crippen molar-refractivity contribution in [2.75, 3.05) is 19.8 Å². The van der Waals surface area contributed by atoms with E-state index in [1.807, 2.05) is 0 Å². The van der Waals surface area contributed by atoms with Gasteiger partial charge in [0.15, 0.2) is 12.6 Å². The fraction of sp³-hybridized carbons (Fsp3) is 0.944. The molecule has 3 heterocycles. The van der Waals surface area contributed by atoms with Crippen molar-refractivity contribution < 1.29 is 96.7 Å². The zero-order valence-corrected chi connectivity index (χ0v) is 20.4. The van der Waals surface area contributed by atoms with Crippen molar-refractivity contribution >= 4 is 16.4 Å². The predicted octanol–water partition coefficient (Wildman–Crippen LogP) is -8.78. The number of aliphatic hydroxyl groups is 11. The van der Waals surface area contributed by atoms with Crippen molar-refractivity contribution in [3.05, 3.63) is 0 Å². The molecule has 3 aliphatic heterocycles. The highest BCUT2D eigenvalue weighted by molar-refractivity contribution is 7.82. The third-order valence-corrected chi connectivity index (χ3v) is 7.00. The van der Waals surface area contributed by atoms with Crippen LogP contribution in [0.25, 0.3) is 0 Å². The monoisotopic (exact) mass is 598 g/mol. The van der Waals surface area contributed by atoms with Crippen LogP contribution >= 0.6 is 0 Å². The van der Waals surface area contributed by atoms with Gasteiger partial charge in [-0.25, -0.2) is 4.79 Å². The number of carbonyl (C=O) groups excluding carboxylic acids is 1. The molecule has 0 aliphatic carbocycles. The highest BCUT2D eigenvalue weighted by Gasteiger charge is 2.61. The number of carbonyl (C=O) groups is 1. The molecule has 0 saturated carbocycles. The van der Waals surface area contributed by atoms with E-state index in [2.05, 4.69) is 8.37 Å². The Hall–Kier alpha value is -1.22. The van der Waals surface area contributed by atoms with Gasteiger partial charge >= 0.3 is 22.2 Å². The molecule has 0 spiro atoms. The predicted molar refractivity (Wildman–Crippen MR) is 111 cm³/mol. The summed E-state index contributed by atoms with van der Waals surface area (Å²) in [5, 5.41) is 109. The average molecular weight is 598 g/mol. The van der Waals surface area contributed by atoms with E-state index in [1.54, 1.807) is 0 Å². The van der Waals surface area contributed by atoms with Crippen LogP contribution in [-0.2, 0) is 42.5 Å². The number of ether oxygens (including phenoxy) is 4. The second kappa shape index (κ2) is 12.3. The van der Waals surface area contributed by atoms with Gasteiger partial charge in [-0.15, -0.1) is 0 Å². The highest BCUT2D eigenvalue weighted by atomic mass is 32.3. The van der Waals surface area contributed by atoms with Crippen LogP contribution < -0.4 is 0 Å². The molecule has 39 heavy (non-hydrogen) atoms.